The summed E-state index contributed by atoms with van der Waals surface area (Å²) in [4.78, 5) is 11.1. The van der Waals surface area contributed by atoms with Gasteiger partial charge in [-0.1, -0.05) is 24.3 Å². The molecule has 0 saturated heterocycles. The smallest absolute Gasteiger partial charge is 0.254 e. The maximum absolute atomic E-state index is 14.1. The molecule has 1 aliphatic carbocycles. The monoisotopic (exact) mass is 317 g/mol. The molecule has 0 radical (unpaired) electrons. The minimum atomic E-state index is -1.14. The van der Waals surface area contributed by atoms with Crippen LogP contribution >= 0.6 is 0 Å². The highest BCUT2D eigenvalue weighted by atomic mass is 19.1. The van der Waals surface area contributed by atoms with Crippen LogP contribution in [0.2, 0.25) is 0 Å². The zero-order valence-corrected chi connectivity index (χ0v) is 12.5. The van der Waals surface area contributed by atoms with Gasteiger partial charge in [-0.2, -0.15) is 0 Å². The Labute approximate surface area is 133 Å². The average molecular weight is 317 g/mol. The topological polar surface area (TPSA) is 52.3 Å². The number of primary amides is 1. The van der Waals surface area contributed by atoms with Gasteiger partial charge >= 0.3 is 0 Å². The second-order valence-corrected chi connectivity index (χ2v) is 5.79. The van der Waals surface area contributed by atoms with Crippen LogP contribution in [0.25, 0.3) is 0 Å². The summed E-state index contributed by atoms with van der Waals surface area (Å²) in [5, 5.41) is 0. The molecule has 3 nitrogen and oxygen atoms in total. The Kier molecular flexibility index (Phi) is 4.28. The fraction of sp³-hybridized carbons (Fsp3) is 0.278. The molecule has 23 heavy (non-hydrogen) atoms. The van der Waals surface area contributed by atoms with E-state index >= 15 is 0 Å². The first-order chi connectivity index (χ1) is 11.1. The molecule has 0 aliphatic heterocycles. The third-order valence-corrected chi connectivity index (χ3v) is 4.23. The summed E-state index contributed by atoms with van der Waals surface area (Å²) in [7, 11) is 0. The first-order valence-electron chi connectivity index (χ1n) is 7.53. The number of halogens is 2. The molecule has 2 N–H and O–H groups in total. The van der Waals surface area contributed by atoms with Crippen LogP contribution in [0.4, 0.5) is 8.78 Å². The van der Waals surface area contributed by atoms with Crippen molar-refractivity contribution in [1.29, 1.82) is 0 Å². The lowest BCUT2D eigenvalue weighted by atomic mass is 9.84. The predicted molar refractivity (Wildman–Crippen MR) is 82.3 cm³/mol. The van der Waals surface area contributed by atoms with Crippen LogP contribution in [0.3, 0.4) is 0 Å². The van der Waals surface area contributed by atoms with Crippen LogP contribution in [0.1, 0.15) is 27.9 Å². The molecule has 1 unspecified atom stereocenters. The SMILES string of the molecule is NC(=O)c1c(F)ccc(OCC2CCc3ccccc3C2)c1F. The number of nitrogens with two attached hydrogens (primary N) is 1. The van der Waals surface area contributed by atoms with E-state index in [1.54, 1.807) is 0 Å². The van der Waals surface area contributed by atoms with Crippen molar-refractivity contribution < 1.29 is 18.3 Å². The molecule has 120 valence electrons. The number of amides is 1. The van der Waals surface area contributed by atoms with E-state index in [2.05, 4.69) is 12.1 Å². The molecule has 0 fully saturated rings. The number of carbonyl (C=O) groups excluding carboxylic acids is 1. The Bertz CT molecular complexity index is 746. The van der Waals surface area contributed by atoms with Gasteiger partial charge in [-0.05, 0) is 48.4 Å². The third kappa shape index (κ3) is 3.18. The number of fused-ring (bicyclic) bond motifs is 1. The van der Waals surface area contributed by atoms with Gasteiger partial charge in [0.2, 0.25) is 0 Å². The van der Waals surface area contributed by atoms with E-state index in [4.69, 9.17) is 10.5 Å². The Morgan fingerprint density at radius 1 is 1.17 bits per heavy atom. The van der Waals surface area contributed by atoms with Gasteiger partial charge < -0.3 is 10.5 Å². The number of carbonyl (C=O) groups is 1. The summed E-state index contributed by atoms with van der Waals surface area (Å²) in [5.74, 6) is -3.04. The first kappa shape index (κ1) is 15.5. The lowest BCUT2D eigenvalue weighted by molar-refractivity contribution is 0.0990. The second-order valence-electron chi connectivity index (χ2n) is 5.79. The fourth-order valence-corrected chi connectivity index (χ4v) is 2.99. The Hall–Kier alpha value is -2.43. The molecule has 2 aromatic carbocycles. The molecule has 2 aromatic rings. The van der Waals surface area contributed by atoms with Crippen molar-refractivity contribution in [2.75, 3.05) is 6.61 Å². The van der Waals surface area contributed by atoms with Crippen molar-refractivity contribution in [3.63, 3.8) is 0 Å². The van der Waals surface area contributed by atoms with Crippen LogP contribution < -0.4 is 10.5 Å². The van der Waals surface area contributed by atoms with Crippen molar-refractivity contribution in [3.8, 4) is 5.75 Å². The van der Waals surface area contributed by atoms with Crippen LogP contribution in [0.5, 0.6) is 5.75 Å². The molecule has 5 heteroatoms. The zero-order chi connectivity index (χ0) is 16.4. The summed E-state index contributed by atoms with van der Waals surface area (Å²) in [6, 6.07) is 10.4. The quantitative estimate of drug-likeness (QED) is 0.941. The normalized spacial score (nSPS) is 16.7. The number of hydrogen-bond donors (Lipinski definition) is 1. The van der Waals surface area contributed by atoms with Crippen molar-refractivity contribution in [2.24, 2.45) is 11.7 Å². The van der Waals surface area contributed by atoms with Crippen LogP contribution in [-0.4, -0.2) is 12.5 Å². The summed E-state index contributed by atoms with van der Waals surface area (Å²) >= 11 is 0. The highest BCUT2D eigenvalue weighted by Gasteiger charge is 2.22. The molecular formula is C18H17F2NO2. The Balaban J connectivity index is 1.70. The molecule has 0 spiro atoms. The highest BCUT2D eigenvalue weighted by molar-refractivity contribution is 5.93. The molecule has 1 atom stereocenters. The van der Waals surface area contributed by atoms with Gasteiger partial charge in [-0.15, -0.1) is 0 Å². The molecule has 0 heterocycles. The largest absolute Gasteiger partial charge is 0.490 e. The van der Waals surface area contributed by atoms with Gasteiger partial charge in [0.1, 0.15) is 11.4 Å². The van der Waals surface area contributed by atoms with E-state index in [1.807, 2.05) is 12.1 Å². The second kappa shape index (κ2) is 6.36. The number of benzene rings is 2. The number of aryl methyl sites for hydroxylation is 1. The molecule has 0 aromatic heterocycles. The number of rotatable bonds is 4. The zero-order valence-electron chi connectivity index (χ0n) is 12.5. The van der Waals surface area contributed by atoms with Crippen LogP contribution in [0.15, 0.2) is 36.4 Å². The first-order valence-corrected chi connectivity index (χ1v) is 7.53. The van der Waals surface area contributed by atoms with E-state index in [0.717, 1.165) is 25.3 Å². The molecular weight excluding hydrogens is 300 g/mol. The number of hydrogen-bond acceptors (Lipinski definition) is 2. The number of ether oxygens (including phenoxy) is 1. The maximum atomic E-state index is 14.1. The predicted octanol–water partition coefficient (Wildman–Crippen LogP) is 3.25. The lowest BCUT2D eigenvalue weighted by Gasteiger charge is -2.24. The standard InChI is InChI=1S/C18H17F2NO2/c19-14-7-8-15(17(20)16(14)18(21)22)23-10-11-5-6-12-3-1-2-4-13(12)9-11/h1-4,7-8,11H,5-6,9-10H2,(H2,21,22). The maximum Gasteiger partial charge on any atom is 0.254 e. The Morgan fingerprint density at radius 3 is 2.65 bits per heavy atom. The van der Waals surface area contributed by atoms with E-state index < -0.39 is 23.1 Å². The molecule has 0 saturated carbocycles. The fourth-order valence-electron chi connectivity index (χ4n) is 2.99. The summed E-state index contributed by atoms with van der Waals surface area (Å²) in [6.07, 6.45) is 2.77. The van der Waals surface area contributed by atoms with Gasteiger partial charge in [-0.25, -0.2) is 8.78 Å². The van der Waals surface area contributed by atoms with Gasteiger partial charge in [0, 0.05) is 0 Å². The Morgan fingerprint density at radius 2 is 1.91 bits per heavy atom. The molecule has 1 amide bonds. The van der Waals surface area contributed by atoms with E-state index in [0.29, 0.717) is 6.61 Å². The van der Waals surface area contributed by atoms with Crippen molar-refractivity contribution >= 4 is 5.91 Å². The minimum absolute atomic E-state index is 0.140. The highest BCUT2D eigenvalue weighted by Crippen LogP contribution is 2.28. The summed E-state index contributed by atoms with van der Waals surface area (Å²) < 4.78 is 33.0. The van der Waals surface area contributed by atoms with Crippen LogP contribution in [-0.2, 0) is 12.8 Å². The lowest BCUT2D eigenvalue weighted by Crippen LogP contribution is -2.21. The van der Waals surface area contributed by atoms with Crippen LogP contribution in [0, 0.1) is 17.6 Å². The van der Waals surface area contributed by atoms with E-state index in [9.17, 15) is 13.6 Å². The van der Waals surface area contributed by atoms with E-state index in [-0.39, 0.29) is 11.7 Å². The molecule has 3 rings (SSSR count). The van der Waals surface area contributed by atoms with Crippen molar-refractivity contribution in [2.45, 2.75) is 19.3 Å². The summed E-state index contributed by atoms with van der Waals surface area (Å²) in [5.41, 5.74) is 6.87. The van der Waals surface area contributed by atoms with Gasteiger partial charge in [0.25, 0.3) is 5.91 Å². The van der Waals surface area contributed by atoms with E-state index in [1.165, 1.54) is 17.2 Å². The van der Waals surface area contributed by atoms with Gasteiger partial charge in [0.05, 0.1) is 6.61 Å². The molecule has 1 aliphatic rings. The summed E-state index contributed by atoms with van der Waals surface area (Å²) in [6.45, 7) is 0.315. The van der Waals surface area contributed by atoms with Gasteiger partial charge in [0.15, 0.2) is 11.6 Å². The minimum Gasteiger partial charge on any atom is -0.490 e. The third-order valence-electron chi connectivity index (χ3n) is 4.23. The average Bonchev–Trinajstić information content (AvgIpc) is 2.53. The molecule has 0 bridgehead atoms. The van der Waals surface area contributed by atoms with Crippen molar-refractivity contribution in [1.82, 2.24) is 0 Å². The van der Waals surface area contributed by atoms with Gasteiger partial charge in [-0.3, -0.25) is 4.79 Å². The van der Waals surface area contributed by atoms with Crippen molar-refractivity contribution in [3.05, 3.63) is 64.7 Å².